The summed E-state index contributed by atoms with van der Waals surface area (Å²) in [5, 5.41) is 0.354. The van der Waals surface area contributed by atoms with Gasteiger partial charge in [0.1, 0.15) is 16.3 Å². The van der Waals surface area contributed by atoms with Gasteiger partial charge in [-0.1, -0.05) is 52.7 Å². The standard InChI is InChI=1S/C27H38N4O4/c1-17(25(34)35-27(5,6)7)15-31-21(13-18-11-9-8-10-12-18)23(32)30-20(24(31)33)14-19-22(26(2,3)4)29-16-28-19/h13-14,16,18H,1,8-12,15H2,2-7H3,(H,28,29)(H,30,32)/b20-14-,21-13-. The van der Waals surface area contributed by atoms with Crippen molar-refractivity contribution in [3.05, 3.63) is 61.3 Å². The second kappa shape index (κ2) is 10.2. The molecule has 0 spiro atoms. The van der Waals surface area contributed by atoms with Crippen LogP contribution >= 0.6 is 0 Å². The highest BCUT2D eigenvalue weighted by Gasteiger charge is 2.22. The van der Waals surface area contributed by atoms with Gasteiger partial charge in [-0.3, -0.25) is 14.2 Å². The lowest BCUT2D eigenvalue weighted by Crippen LogP contribution is -2.54. The summed E-state index contributed by atoms with van der Waals surface area (Å²) in [5.74, 6) is -0.389. The van der Waals surface area contributed by atoms with Crippen LogP contribution in [0.3, 0.4) is 0 Å². The zero-order valence-corrected chi connectivity index (χ0v) is 21.8. The van der Waals surface area contributed by atoms with Crippen molar-refractivity contribution in [1.29, 1.82) is 0 Å². The van der Waals surface area contributed by atoms with Crippen LogP contribution in [-0.2, 0) is 21.5 Å². The maximum Gasteiger partial charge on any atom is 0.335 e. The van der Waals surface area contributed by atoms with E-state index >= 15 is 0 Å². The third kappa shape index (κ3) is 6.71. The maximum atomic E-state index is 13.6. The monoisotopic (exact) mass is 482 g/mol. The van der Waals surface area contributed by atoms with Crippen molar-refractivity contribution in [2.75, 3.05) is 0 Å². The second-order valence-electron chi connectivity index (χ2n) is 11.4. The number of ether oxygens (including phenoxy) is 1. The molecule has 0 saturated heterocycles. The lowest BCUT2D eigenvalue weighted by molar-refractivity contribution is -0.150. The average molecular weight is 483 g/mol. The molecule has 2 aromatic heterocycles. The first-order valence-corrected chi connectivity index (χ1v) is 12.3. The quantitative estimate of drug-likeness (QED) is 0.503. The summed E-state index contributed by atoms with van der Waals surface area (Å²) in [5.41, 5.74) is -0.204. The first-order chi connectivity index (χ1) is 16.3. The molecule has 0 aliphatic heterocycles. The van der Waals surface area contributed by atoms with Crippen LogP contribution in [0.4, 0.5) is 0 Å². The van der Waals surface area contributed by atoms with Gasteiger partial charge in [0, 0.05) is 16.7 Å². The molecule has 2 N–H and O–H groups in total. The number of hydrogen-bond donors (Lipinski definition) is 2. The number of H-pyrrole nitrogens is 2. The number of aromatic nitrogens is 4. The summed E-state index contributed by atoms with van der Waals surface area (Å²) in [7, 11) is 0. The van der Waals surface area contributed by atoms with Crippen LogP contribution in [0.15, 0.2) is 28.1 Å². The highest BCUT2D eigenvalue weighted by atomic mass is 16.6. The lowest BCUT2D eigenvalue weighted by Gasteiger charge is -2.21. The third-order valence-corrected chi connectivity index (χ3v) is 6.03. The Morgan fingerprint density at radius 2 is 1.83 bits per heavy atom. The largest absolute Gasteiger partial charge is 0.457 e. The van der Waals surface area contributed by atoms with Gasteiger partial charge in [-0.15, -0.1) is 0 Å². The van der Waals surface area contributed by atoms with E-state index in [-0.39, 0.29) is 39.7 Å². The van der Waals surface area contributed by atoms with E-state index in [4.69, 9.17) is 4.74 Å². The zero-order valence-electron chi connectivity index (χ0n) is 21.8. The Morgan fingerprint density at radius 3 is 2.43 bits per heavy atom. The average Bonchev–Trinajstić information content (AvgIpc) is 3.22. The van der Waals surface area contributed by atoms with Crippen molar-refractivity contribution in [3.8, 4) is 0 Å². The van der Waals surface area contributed by atoms with E-state index in [0.29, 0.717) is 5.69 Å². The fourth-order valence-electron chi connectivity index (χ4n) is 4.32. The van der Waals surface area contributed by atoms with E-state index < -0.39 is 17.1 Å². The Bertz CT molecular complexity index is 1320. The van der Waals surface area contributed by atoms with Gasteiger partial charge in [0.2, 0.25) is 0 Å². The molecular weight excluding hydrogens is 444 g/mol. The molecule has 35 heavy (non-hydrogen) atoms. The number of rotatable bonds is 5. The minimum absolute atomic E-state index is 0.102. The number of carbonyl (C=O) groups is 1. The SMILES string of the molecule is C=C(Cn1c(=O)/c(=C/c2nc[nH]c2C(C)(C)C)[nH]c(=O)/c1=C/C1CCCCC1)C(=O)OC(C)(C)C. The van der Waals surface area contributed by atoms with E-state index in [1.807, 2.05) is 26.8 Å². The van der Waals surface area contributed by atoms with Crippen molar-refractivity contribution in [1.82, 2.24) is 19.5 Å². The first-order valence-electron chi connectivity index (χ1n) is 12.3. The highest BCUT2D eigenvalue weighted by molar-refractivity contribution is 5.87. The summed E-state index contributed by atoms with van der Waals surface area (Å²) < 4.78 is 6.77. The molecule has 3 rings (SSSR count). The molecule has 190 valence electrons. The minimum atomic E-state index is -0.696. The van der Waals surface area contributed by atoms with Crippen molar-refractivity contribution >= 4 is 18.1 Å². The molecular formula is C27H38N4O4. The topological polar surface area (TPSA) is 110 Å². The highest BCUT2D eigenvalue weighted by Crippen LogP contribution is 2.24. The summed E-state index contributed by atoms with van der Waals surface area (Å²) in [6.45, 7) is 15.1. The van der Waals surface area contributed by atoms with E-state index in [0.717, 1.165) is 31.4 Å². The van der Waals surface area contributed by atoms with Crippen LogP contribution in [0.25, 0.3) is 12.2 Å². The molecule has 0 radical (unpaired) electrons. The molecule has 1 aliphatic rings. The van der Waals surface area contributed by atoms with Crippen molar-refractivity contribution in [3.63, 3.8) is 0 Å². The summed E-state index contributed by atoms with van der Waals surface area (Å²) in [4.78, 5) is 49.7. The smallest absolute Gasteiger partial charge is 0.335 e. The van der Waals surface area contributed by atoms with Gasteiger partial charge in [0.05, 0.1) is 18.6 Å². The van der Waals surface area contributed by atoms with Gasteiger partial charge in [-0.05, 0) is 45.6 Å². The van der Waals surface area contributed by atoms with Gasteiger partial charge in [-0.25, -0.2) is 9.78 Å². The van der Waals surface area contributed by atoms with E-state index in [1.54, 1.807) is 33.2 Å². The fraction of sp³-hybridized carbons (Fsp3) is 0.556. The van der Waals surface area contributed by atoms with Gasteiger partial charge >= 0.3 is 5.97 Å². The second-order valence-corrected chi connectivity index (χ2v) is 11.4. The van der Waals surface area contributed by atoms with Crippen LogP contribution in [0, 0.1) is 5.92 Å². The first kappa shape index (κ1) is 26.4. The van der Waals surface area contributed by atoms with Crippen LogP contribution in [-0.4, -0.2) is 31.1 Å². The number of nitrogens with one attached hydrogen (secondary N) is 2. The maximum absolute atomic E-state index is 13.6. The van der Waals surface area contributed by atoms with Gasteiger partial charge < -0.3 is 14.7 Å². The summed E-state index contributed by atoms with van der Waals surface area (Å²) in [6, 6.07) is 0. The fourth-order valence-corrected chi connectivity index (χ4v) is 4.32. The van der Waals surface area contributed by atoms with E-state index in [1.165, 1.54) is 11.0 Å². The molecule has 2 aromatic rings. The molecule has 0 amide bonds. The Balaban J connectivity index is 2.17. The van der Waals surface area contributed by atoms with E-state index in [2.05, 4.69) is 21.5 Å². The molecule has 1 fully saturated rings. The van der Waals surface area contributed by atoms with E-state index in [9.17, 15) is 14.4 Å². The molecule has 0 atom stereocenters. The van der Waals surface area contributed by atoms with Gasteiger partial charge in [0.25, 0.3) is 11.1 Å². The number of carbonyl (C=O) groups excluding carboxylic acids is 1. The molecule has 0 bridgehead atoms. The predicted molar refractivity (Wildman–Crippen MR) is 137 cm³/mol. The van der Waals surface area contributed by atoms with Crippen LogP contribution in [0.1, 0.15) is 85.0 Å². The number of hydrogen-bond acceptors (Lipinski definition) is 5. The molecule has 8 nitrogen and oxygen atoms in total. The zero-order chi connectivity index (χ0) is 26.0. The molecule has 0 unspecified atom stereocenters. The molecule has 8 heteroatoms. The molecule has 1 aliphatic carbocycles. The lowest BCUT2D eigenvalue weighted by atomic mass is 9.89. The Kier molecular flexibility index (Phi) is 7.72. The number of esters is 1. The number of nitrogens with zero attached hydrogens (tertiary/aromatic N) is 2. The van der Waals surface area contributed by atoms with Crippen molar-refractivity contribution in [2.24, 2.45) is 5.92 Å². The summed E-state index contributed by atoms with van der Waals surface area (Å²) in [6.07, 6.45) is 10.3. The predicted octanol–water partition coefficient (Wildman–Crippen LogP) is 2.64. The number of aromatic amines is 2. The van der Waals surface area contributed by atoms with Crippen LogP contribution < -0.4 is 21.8 Å². The number of imidazole rings is 1. The molecule has 0 aromatic carbocycles. The van der Waals surface area contributed by atoms with Crippen LogP contribution in [0.5, 0.6) is 0 Å². The van der Waals surface area contributed by atoms with Crippen molar-refractivity contribution < 1.29 is 9.53 Å². The molecule has 2 heterocycles. The third-order valence-electron chi connectivity index (χ3n) is 6.03. The normalized spacial score (nSPS) is 16.5. The van der Waals surface area contributed by atoms with Crippen molar-refractivity contribution in [2.45, 2.75) is 91.2 Å². The van der Waals surface area contributed by atoms with Gasteiger partial charge in [-0.2, -0.15) is 0 Å². The minimum Gasteiger partial charge on any atom is -0.457 e. The summed E-state index contributed by atoms with van der Waals surface area (Å²) >= 11 is 0. The van der Waals surface area contributed by atoms with Gasteiger partial charge in [0.15, 0.2) is 0 Å². The molecule has 1 saturated carbocycles. The Labute approximate surface area is 205 Å². The Morgan fingerprint density at radius 1 is 1.17 bits per heavy atom. The Hall–Kier alpha value is -3.16. The van der Waals surface area contributed by atoms with Crippen LogP contribution in [0.2, 0.25) is 0 Å².